The van der Waals surface area contributed by atoms with Crippen molar-refractivity contribution in [1.82, 2.24) is 15.3 Å². The SMILES string of the molecule is COc1ccc(CCNCc2cc(-c3ncccn3)ccc2O)cc1OC. The van der Waals surface area contributed by atoms with Crippen molar-refractivity contribution in [2.45, 2.75) is 13.0 Å². The van der Waals surface area contributed by atoms with E-state index in [1.165, 1.54) is 0 Å². The molecule has 0 aliphatic rings. The molecule has 0 saturated heterocycles. The number of benzene rings is 2. The number of aromatic nitrogens is 2. The topological polar surface area (TPSA) is 76.5 Å². The quantitative estimate of drug-likeness (QED) is 0.597. The molecule has 0 unspecified atom stereocenters. The van der Waals surface area contributed by atoms with Crippen LogP contribution < -0.4 is 14.8 Å². The molecule has 0 spiro atoms. The first-order valence-electron chi connectivity index (χ1n) is 8.72. The molecule has 0 saturated carbocycles. The van der Waals surface area contributed by atoms with Gasteiger partial charge in [-0.3, -0.25) is 0 Å². The second-order valence-electron chi connectivity index (χ2n) is 6.03. The molecule has 6 heteroatoms. The minimum Gasteiger partial charge on any atom is -0.508 e. The van der Waals surface area contributed by atoms with Crippen LogP contribution in [0.25, 0.3) is 11.4 Å². The number of methoxy groups -OCH3 is 2. The average Bonchev–Trinajstić information content (AvgIpc) is 2.72. The van der Waals surface area contributed by atoms with Gasteiger partial charge in [-0.25, -0.2) is 9.97 Å². The lowest BCUT2D eigenvalue weighted by molar-refractivity contribution is 0.354. The summed E-state index contributed by atoms with van der Waals surface area (Å²) in [4.78, 5) is 8.50. The molecule has 27 heavy (non-hydrogen) atoms. The highest BCUT2D eigenvalue weighted by Gasteiger charge is 2.07. The number of phenols is 1. The summed E-state index contributed by atoms with van der Waals surface area (Å²) >= 11 is 0. The first kappa shape index (κ1) is 18.7. The fraction of sp³-hybridized carbons (Fsp3) is 0.238. The van der Waals surface area contributed by atoms with E-state index >= 15 is 0 Å². The van der Waals surface area contributed by atoms with Crippen LogP contribution >= 0.6 is 0 Å². The van der Waals surface area contributed by atoms with E-state index in [0.29, 0.717) is 12.4 Å². The number of ether oxygens (including phenoxy) is 2. The zero-order chi connectivity index (χ0) is 19.1. The van der Waals surface area contributed by atoms with Gasteiger partial charge in [-0.05, 0) is 54.9 Å². The Labute approximate surface area is 158 Å². The van der Waals surface area contributed by atoms with Gasteiger partial charge in [0.15, 0.2) is 17.3 Å². The number of hydrogen-bond donors (Lipinski definition) is 2. The number of hydrogen-bond acceptors (Lipinski definition) is 6. The first-order chi connectivity index (χ1) is 13.2. The van der Waals surface area contributed by atoms with Gasteiger partial charge < -0.3 is 19.9 Å². The third-order valence-corrected chi connectivity index (χ3v) is 4.26. The van der Waals surface area contributed by atoms with E-state index in [1.807, 2.05) is 30.3 Å². The molecule has 0 fully saturated rings. The molecule has 0 bridgehead atoms. The van der Waals surface area contributed by atoms with Crippen molar-refractivity contribution >= 4 is 0 Å². The largest absolute Gasteiger partial charge is 0.508 e. The smallest absolute Gasteiger partial charge is 0.160 e. The van der Waals surface area contributed by atoms with Crippen LogP contribution in [0.3, 0.4) is 0 Å². The van der Waals surface area contributed by atoms with E-state index in [2.05, 4.69) is 15.3 Å². The molecule has 0 atom stereocenters. The van der Waals surface area contributed by atoms with Crippen molar-refractivity contribution in [3.8, 4) is 28.6 Å². The summed E-state index contributed by atoms with van der Waals surface area (Å²) < 4.78 is 10.6. The van der Waals surface area contributed by atoms with E-state index in [0.717, 1.165) is 41.2 Å². The van der Waals surface area contributed by atoms with Crippen LogP contribution in [0.2, 0.25) is 0 Å². The normalized spacial score (nSPS) is 10.6. The van der Waals surface area contributed by atoms with Gasteiger partial charge in [-0.2, -0.15) is 0 Å². The molecule has 0 amide bonds. The van der Waals surface area contributed by atoms with Gasteiger partial charge >= 0.3 is 0 Å². The third-order valence-electron chi connectivity index (χ3n) is 4.26. The highest BCUT2D eigenvalue weighted by Crippen LogP contribution is 2.27. The lowest BCUT2D eigenvalue weighted by Crippen LogP contribution is -2.16. The molecule has 2 N–H and O–H groups in total. The lowest BCUT2D eigenvalue weighted by atomic mass is 10.1. The minimum absolute atomic E-state index is 0.258. The lowest BCUT2D eigenvalue weighted by Gasteiger charge is -2.11. The summed E-state index contributed by atoms with van der Waals surface area (Å²) in [6, 6.07) is 13.1. The third kappa shape index (κ3) is 4.74. The fourth-order valence-corrected chi connectivity index (χ4v) is 2.81. The number of nitrogens with zero attached hydrogens (tertiary/aromatic N) is 2. The van der Waals surface area contributed by atoms with E-state index in [4.69, 9.17) is 9.47 Å². The molecule has 140 valence electrons. The van der Waals surface area contributed by atoms with Crippen molar-refractivity contribution in [2.75, 3.05) is 20.8 Å². The Morgan fingerprint density at radius 1 is 0.963 bits per heavy atom. The molecular weight excluding hydrogens is 342 g/mol. The Hall–Kier alpha value is -3.12. The van der Waals surface area contributed by atoms with Gasteiger partial charge in [0.25, 0.3) is 0 Å². The summed E-state index contributed by atoms with van der Waals surface area (Å²) in [6.45, 7) is 1.32. The predicted octanol–water partition coefficient (Wildman–Crippen LogP) is 3.20. The van der Waals surface area contributed by atoms with Crippen LogP contribution in [0, 0.1) is 0 Å². The van der Waals surface area contributed by atoms with E-state index in [-0.39, 0.29) is 5.75 Å². The van der Waals surface area contributed by atoms with Crippen molar-refractivity contribution in [3.63, 3.8) is 0 Å². The molecule has 0 radical (unpaired) electrons. The molecule has 1 aromatic heterocycles. The zero-order valence-corrected chi connectivity index (χ0v) is 15.5. The Bertz CT molecular complexity index is 885. The van der Waals surface area contributed by atoms with Crippen LogP contribution in [0.1, 0.15) is 11.1 Å². The monoisotopic (exact) mass is 365 g/mol. The summed E-state index contributed by atoms with van der Waals surface area (Å²) in [5.74, 6) is 2.35. The van der Waals surface area contributed by atoms with Gasteiger partial charge in [-0.15, -0.1) is 0 Å². The van der Waals surface area contributed by atoms with Gasteiger partial charge in [0.2, 0.25) is 0 Å². The van der Waals surface area contributed by atoms with Crippen molar-refractivity contribution < 1.29 is 14.6 Å². The molecule has 0 aliphatic heterocycles. The summed E-state index contributed by atoms with van der Waals surface area (Å²) in [7, 11) is 3.26. The van der Waals surface area contributed by atoms with Gasteiger partial charge in [-0.1, -0.05) is 6.07 Å². The van der Waals surface area contributed by atoms with Crippen molar-refractivity contribution in [1.29, 1.82) is 0 Å². The maximum atomic E-state index is 10.1. The highest BCUT2D eigenvalue weighted by molar-refractivity contribution is 5.58. The van der Waals surface area contributed by atoms with Crippen LogP contribution in [-0.2, 0) is 13.0 Å². The van der Waals surface area contributed by atoms with Gasteiger partial charge in [0.05, 0.1) is 14.2 Å². The number of rotatable bonds is 8. The molecule has 0 aliphatic carbocycles. The van der Waals surface area contributed by atoms with Crippen LogP contribution in [0.4, 0.5) is 0 Å². The zero-order valence-electron chi connectivity index (χ0n) is 15.5. The summed E-state index contributed by atoms with van der Waals surface area (Å²) in [5.41, 5.74) is 2.84. The van der Waals surface area contributed by atoms with Crippen molar-refractivity contribution in [2.24, 2.45) is 0 Å². The molecule has 6 nitrogen and oxygen atoms in total. The number of phenolic OH excluding ortho intramolecular Hbond substituents is 1. The van der Waals surface area contributed by atoms with Crippen LogP contribution in [0.5, 0.6) is 17.2 Å². The Balaban J connectivity index is 1.59. The average molecular weight is 365 g/mol. The first-order valence-corrected chi connectivity index (χ1v) is 8.72. The summed E-state index contributed by atoms with van der Waals surface area (Å²) in [6.07, 6.45) is 4.25. The Morgan fingerprint density at radius 3 is 2.48 bits per heavy atom. The van der Waals surface area contributed by atoms with E-state index < -0.39 is 0 Å². The predicted molar refractivity (Wildman–Crippen MR) is 104 cm³/mol. The van der Waals surface area contributed by atoms with Gasteiger partial charge in [0.1, 0.15) is 5.75 Å². The molecule has 3 aromatic rings. The maximum absolute atomic E-state index is 10.1. The Morgan fingerprint density at radius 2 is 1.74 bits per heavy atom. The molecule has 3 rings (SSSR count). The number of nitrogens with one attached hydrogen (secondary N) is 1. The second-order valence-corrected chi connectivity index (χ2v) is 6.03. The maximum Gasteiger partial charge on any atom is 0.160 e. The second kappa shape index (κ2) is 9.00. The standard InChI is InChI=1S/C21H23N3O3/c1-26-19-7-4-15(12-20(19)27-2)8-11-22-14-17-13-16(5-6-18(17)25)21-23-9-3-10-24-21/h3-7,9-10,12-13,22,25H,8,11,14H2,1-2H3. The van der Waals surface area contributed by atoms with Crippen LogP contribution in [0.15, 0.2) is 54.9 Å². The molecule has 1 heterocycles. The van der Waals surface area contributed by atoms with E-state index in [9.17, 15) is 5.11 Å². The Kier molecular flexibility index (Phi) is 6.22. The van der Waals surface area contributed by atoms with Gasteiger partial charge in [0, 0.05) is 30.1 Å². The minimum atomic E-state index is 0.258. The number of aromatic hydroxyl groups is 1. The summed E-state index contributed by atoms with van der Waals surface area (Å²) in [5, 5.41) is 13.5. The van der Waals surface area contributed by atoms with Crippen LogP contribution in [-0.4, -0.2) is 35.8 Å². The fourth-order valence-electron chi connectivity index (χ4n) is 2.81. The van der Waals surface area contributed by atoms with Crippen molar-refractivity contribution in [3.05, 3.63) is 66.0 Å². The molecular formula is C21H23N3O3. The molecule has 2 aromatic carbocycles. The van der Waals surface area contributed by atoms with E-state index in [1.54, 1.807) is 38.7 Å². The highest BCUT2D eigenvalue weighted by atomic mass is 16.5.